The molecule has 2 N–H and O–H groups in total. The van der Waals surface area contributed by atoms with Gasteiger partial charge in [0.2, 0.25) is 15.9 Å². The van der Waals surface area contributed by atoms with Crippen LogP contribution in [0.5, 0.6) is 11.5 Å². The molecular formula is C17H19FN2O5S. The number of methoxy groups -OCH3 is 2. The Balaban J connectivity index is 1.90. The summed E-state index contributed by atoms with van der Waals surface area (Å²) in [5.41, 5.74) is 0.761. The molecule has 0 heterocycles. The van der Waals surface area contributed by atoms with E-state index >= 15 is 0 Å². The van der Waals surface area contributed by atoms with Gasteiger partial charge in [-0.05, 0) is 42.0 Å². The van der Waals surface area contributed by atoms with Crippen molar-refractivity contribution in [3.63, 3.8) is 0 Å². The molecule has 26 heavy (non-hydrogen) atoms. The molecule has 0 unspecified atom stereocenters. The summed E-state index contributed by atoms with van der Waals surface area (Å²) in [4.78, 5) is 11.8. The lowest BCUT2D eigenvalue weighted by molar-refractivity contribution is -0.120. The summed E-state index contributed by atoms with van der Waals surface area (Å²) in [7, 11) is -0.864. The van der Waals surface area contributed by atoms with Crippen LogP contribution in [0.2, 0.25) is 0 Å². The topological polar surface area (TPSA) is 93.7 Å². The Labute approximate surface area is 151 Å². The molecule has 0 aliphatic heterocycles. The Morgan fingerprint density at radius 2 is 1.69 bits per heavy atom. The third kappa shape index (κ3) is 5.17. The number of hydrogen-bond donors (Lipinski definition) is 2. The monoisotopic (exact) mass is 382 g/mol. The first kappa shape index (κ1) is 19.7. The number of sulfonamides is 1. The molecule has 2 aromatic carbocycles. The van der Waals surface area contributed by atoms with Crippen LogP contribution < -0.4 is 19.5 Å². The molecule has 2 rings (SSSR count). The van der Waals surface area contributed by atoms with Gasteiger partial charge in [0.1, 0.15) is 5.82 Å². The first-order valence-electron chi connectivity index (χ1n) is 7.58. The molecule has 0 aliphatic carbocycles. The van der Waals surface area contributed by atoms with Crippen LogP contribution in [-0.2, 0) is 21.4 Å². The van der Waals surface area contributed by atoms with Crippen LogP contribution >= 0.6 is 0 Å². The second-order valence-electron chi connectivity index (χ2n) is 5.24. The number of benzene rings is 2. The number of nitrogens with one attached hydrogen (secondary N) is 2. The van der Waals surface area contributed by atoms with Crippen LogP contribution in [0.4, 0.5) is 4.39 Å². The van der Waals surface area contributed by atoms with Crippen LogP contribution in [0.15, 0.2) is 47.4 Å². The largest absolute Gasteiger partial charge is 0.493 e. The van der Waals surface area contributed by atoms with Gasteiger partial charge >= 0.3 is 0 Å². The number of amides is 1. The summed E-state index contributed by atoms with van der Waals surface area (Å²) in [6.45, 7) is -0.246. The molecule has 0 saturated carbocycles. The Hall–Kier alpha value is -2.65. The lowest BCUT2D eigenvalue weighted by Crippen LogP contribution is -2.36. The summed E-state index contributed by atoms with van der Waals surface area (Å²) in [5.74, 6) is 0.0352. The Morgan fingerprint density at radius 1 is 1.04 bits per heavy atom. The number of carbonyl (C=O) groups is 1. The predicted molar refractivity (Wildman–Crippen MR) is 93.0 cm³/mol. The zero-order valence-electron chi connectivity index (χ0n) is 14.3. The normalized spacial score (nSPS) is 11.0. The molecule has 0 aromatic heterocycles. The van der Waals surface area contributed by atoms with Crippen molar-refractivity contribution >= 4 is 15.9 Å². The smallest absolute Gasteiger partial charge is 0.241 e. The van der Waals surface area contributed by atoms with Crippen LogP contribution in [0, 0.1) is 5.82 Å². The maximum absolute atomic E-state index is 12.9. The highest BCUT2D eigenvalue weighted by Crippen LogP contribution is 2.27. The number of hydrogen-bond acceptors (Lipinski definition) is 5. The zero-order valence-corrected chi connectivity index (χ0v) is 15.1. The van der Waals surface area contributed by atoms with Crippen molar-refractivity contribution in [2.24, 2.45) is 0 Å². The van der Waals surface area contributed by atoms with Gasteiger partial charge in [-0.3, -0.25) is 4.79 Å². The SMILES string of the molecule is COc1ccc(CNC(=O)CNS(=O)(=O)c2ccc(F)cc2)cc1OC. The van der Waals surface area contributed by atoms with Gasteiger partial charge in [0.15, 0.2) is 11.5 Å². The first-order chi connectivity index (χ1) is 12.4. The number of carbonyl (C=O) groups excluding carboxylic acids is 1. The highest BCUT2D eigenvalue weighted by molar-refractivity contribution is 7.89. The molecule has 0 spiro atoms. The van der Waals surface area contributed by atoms with E-state index in [1.165, 1.54) is 14.2 Å². The van der Waals surface area contributed by atoms with Crippen LogP contribution in [0.1, 0.15) is 5.56 Å². The fraction of sp³-hybridized carbons (Fsp3) is 0.235. The van der Waals surface area contributed by atoms with Crippen LogP contribution in [-0.4, -0.2) is 35.1 Å². The van der Waals surface area contributed by atoms with Crippen molar-refractivity contribution < 1.29 is 27.1 Å². The fourth-order valence-electron chi connectivity index (χ4n) is 2.11. The van der Waals surface area contributed by atoms with Gasteiger partial charge in [-0.15, -0.1) is 0 Å². The molecular weight excluding hydrogens is 363 g/mol. The second-order valence-corrected chi connectivity index (χ2v) is 7.01. The average molecular weight is 382 g/mol. The van der Waals surface area contributed by atoms with Crippen LogP contribution in [0.3, 0.4) is 0 Å². The van der Waals surface area contributed by atoms with E-state index in [0.29, 0.717) is 11.5 Å². The summed E-state index contributed by atoms with van der Waals surface area (Å²) in [5, 5.41) is 2.60. The maximum Gasteiger partial charge on any atom is 0.241 e. The van der Waals surface area contributed by atoms with Gasteiger partial charge in [-0.1, -0.05) is 6.07 Å². The molecule has 140 valence electrons. The summed E-state index contributed by atoms with van der Waals surface area (Å²) >= 11 is 0. The quantitative estimate of drug-likeness (QED) is 0.721. The number of rotatable bonds is 8. The van der Waals surface area contributed by atoms with E-state index < -0.39 is 28.3 Å². The molecule has 0 atom stereocenters. The third-order valence-electron chi connectivity index (χ3n) is 3.48. The molecule has 7 nitrogen and oxygen atoms in total. The Morgan fingerprint density at radius 3 is 2.31 bits per heavy atom. The zero-order chi connectivity index (χ0) is 19.2. The van der Waals surface area contributed by atoms with Crippen molar-refractivity contribution in [2.75, 3.05) is 20.8 Å². The molecule has 0 saturated heterocycles. The Bertz CT molecular complexity index is 869. The van der Waals surface area contributed by atoms with Gasteiger partial charge < -0.3 is 14.8 Å². The minimum Gasteiger partial charge on any atom is -0.493 e. The van der Waals surface area contributed by atoms with Crippen molar-refractivity contribution in [1.82, 2.24) is 10.0 Å². The van der Waals surface area contributed by atoms with Gasteiger partial charge in [-0.25, -0.2) is 17.5 Å². The fourth-order valence-corrected chi connectivity index (χ4v) is 3.09. The number of ether oxygens (including phenoxy) is 2. The van der Waals surface area contributed by atoms with Crippen molar-refractivity contribution in [1.29, 1.82) is 0 Å². The summed E-state index contributed by atoms with van der Waals surface area (Å²) in [6.07, 6.45) is 0. The number of halogens is 1. The third-order valence-corrected chi connectivity index (χ3v) is 4.90. The molecule has 9 heteroatoms. The average Bonchev–Trinajstić information content (AvgIpc) is 2.64. The summed E-state index contributed by atoms with van der Waals surface area (Å²) < 4.78 is 49.4. The van der Waals surface area contributed by atoms with E-state index in [9.17, 15) is 17.6 Å². The molecule has 2 aromatic rings. The minimum absolute atomic E-state index is 0.119. The minimum atomic E-state index is -3.89. The van der Waals surface area contributed by atoms with Crippen molar-refractivity contribution in [2.45, 2.75) is 11.4 Å². The molecule has 1 amide bonds. The van der Waals surface area contributed by atoms with Gasteiger partial charge in [-0.2, -0.15) is 0 Å². The summed E-state index contributed by atoms with van der Waals surface area (Å²) in [6, 6.07) is 9.49. The maximum atomic E-state index is 12.9. The van der Waals surface area contributed by atoms with Crippen molar-refractivity contribution in [3.05, 3.63) is 53.8 Å². The van der Waals surface area contributed by atoms with E-state index in [2.05, 4.69) is 10.0 Å². The molecule has 0 radical (unpaired) electrons. The van der Waals surface area contributed by atoms with E-state index in [1.54, 1.807) is 18.2 Å². The lowest BCUT2D eigenvalue weighted by atomic mass is 10.2. The molecule has 0 fully saturated rings. The molecule has 0 aliphatic rings. The van der Waals surface area contributed by atoms with Gasteiger partial charge in [0.05, 0.1) is 25.7 Å². The van der Waals surface area contributed by atoms with E-state index in [1.807, 2.05) is 0 Å². The van der Waals surface area contributed by atoms with E-state index in [0.717, 1.165) is 29.8 Å². The van der Waals surface area contributed by atoms with E-state index in [4.69, 9.17) is 9.47 Å². The van der Waals surface area contributed by atoms with Gasteiger partial charge in [0.25, 0.3) is 0 Å². The standard InChI is InChI=1S/C17H19FN2O5S/c1-24-15-8-3-12(9-16(15)25-2)10-19-17(21)11-20-26(22,23)14-6-4-13(18)5-7-14/h3-9,20H,10-11H2,1-2H3,(H,19,21). The Kier molecular flexibility index (Phi) is 6.53. The molecule has 0 bridgehead atoms. The van der Waals surface area contributed by atoms with E-state index in [-0.39, 0.29) is 11.4 Å². The first-order valence-corrected chi connectivity index (χ1v) is 9.07. The van der Waals surface area contributed by atoms with Crippen molar-refractivity contribution in [3.8, 4) is 11.5 Å². The van der Waals surface area contributed by atoms with Gasteiger partial charge in [0, 0.05) is 6.54 Å². The predicted octanol–water partition coefficient (Wildman–Crippen LogP) is 1.44. The van der Waals surface area contributed by atoms with Crippen LogP contribution in [0.25, 0.3) is 0 Å². The second kappa shape index (κ2) is 8.63. The highest BCUT2D eigenvalue weighted by Gasteiger charge is 2.15. The lowest BCUT2D eigenvalue weighted by Gasteiger charge is -2.11. The highest BCUT2D eigenvalue weighted by atomic mass is 32.2.